The van der Waals surface area contributed by atoms with Crippen molar-refractivity contribution in [2.45, 2.75) is 25.2 Å². The largest absolute Gasteiger partial charge is 0.503 e. The number of aromatic nitrogens is 2. The van der Waals surface area contributed by atoms with E-state index in [1.807, 2.05) is 0 Å². The van der Waals surface area contributed by atoms with Gasteiger partial charge in [0.1, 0.15) is 12.1 Å². The molecule has 2 aromatic rings. The summed E-state index contributed by atoms with van der Waals surface area (Å²) in [6.45, 7) is -0.250. The number of carbonyl (C=O) groups excluding carboxylic acids is 1. The molecule has 0 amide bonds. The number of carbonyl (C=O) groups is 2. The molecular formula is C16H18N4O7. The zero-order chi connectivity index (χ0) is 20.1. The Bertz CT molecular complexity index is 966. The minimum atomic E-state index is -1.22. The van der Waals surface area contributed by atoms with Gasteiger partial charge in [-0.1, -0.05) is 0 Å². The Morgan fingerprint density at radius 3 is 2.15 bits per heavy atom. The lowest BCUT2D eigenvalue weighted by molar-refractivity contribution is -0.139. The number of hydrogen-bond donors (Lipinski definition) is 4. The number of ether oxygens (including phenoxy) is 1. The van der Waals surface area contributed by atoms with E-state index in [1.165, 1.54) is 21.5 Å². The van der Waals surface area contributed by atoms with Crippen LogP contribution in [-0.2, 0) is 22.7 Å². The van der Waals surface area contributed by atoms with E-state index in [0.29, 0.717) is 0 Å². The molecule has 0 saturated carbocycles. The highest BCUT2D eigenvalue weighted by Crippen LogP contribution is 2.06. The van der Waals surface area contributed by atoms with E-state index in [2.05, 4.69) is 0 Å². The van der Waals surface area contributed by atoms with E-state index in [-0.39, 0.29) is 18.8 Å². The molecule has 0 spiro atoms. The molecule has 144 valence electrons. The smallest absolute Gasteiger partial charge is 0.330 e. The van der Waals surface area contributed by atoms with E-state index in [9.17, 15) is 24.3 Å². The number of carboxylic acids is 1. The zero-order valence-electron chi connectivity index (χ0n) is 14.0. The number of aliphatic carboxylic acids is 1. The highest BCUT2D eigenvalue weighted by molar-refractivity contribution is 5.77. The molecule has 2 atom stereocenters. The first-order valence-corrected chi connectivity index (χ1v) is 7.72. The highest BCUT2D eigenvalue weighted by Gasteiger charge is 2.19. The molecule has 2 heterocycles. The normalized spacial score (nSPS) is 13.0. The number of pyridine rings is 2. The van der Waals surface area contributed by atoms with Crippen molar-refractivity contribution in [1.29, 1.82) is 0 Å². The van der Waals surface area contributed by atoms with Crippen molar-refractivity contribution >= 4 is 11.9 Å². The van der Waals surface area contributed by atoms with Crippen molar-refractivity contribution in [2.24, 2.45) is 11.5 Å². The van der Waals surface area contributed by atoms with Crippen LogP contribution in [0.15, 0.2) is 46.5 Å². The van der Waals surface area contributed by atoms with Crippen molar-refractivity contribution in [1.82, 2.24) is 9.13 Å². The van der Waals surface area contributed by atoms with E-state index >= 15 is 0 Å². The molecule has 27 heavy (non-hydrogen) atoms. The molecule has 0 fully saturated rings. The zero-order valence-corrected chi connectivity index (χ0v) is 14.0. The van der Waals surface area contributed by atoms with Crippen molar-refractivity contribution in [3.8, 4) is 11.5 Å². The van der Waals surface area contributed by atoms with Crippen LogP contribution in [0, 0.1) is 0 Å². The molecule has 0 radical (unpaired) electrons. The first-order chi connectivity index (χ1) is 12.7. The van der Waals surface area contributed by atoms with Gasteiger partial charge in [0.2, 0.25) is 10.9 Å². The monoisotopic (exact) mass is 378 g/mol. The number of carboxylic acid groups (broad SMARTS) is 1. The quantitative estimate of drug-likeness (QED) is 0.399. The first-order valence-electron chi connectivity index (χ1n) is 7.72. The van der Waals surface area contributed by atoms with Gasteiger partial charge in [-0.05, 0) is 0 Å². The number of rotatable bonds is 7. The lowest BCUT2D eigenvalue weighted by atomic mass is 10.3. The topological polar surface area (TPSA) is 180 Å². The van der Waals surface area contributed by atoms with Gasteiger partial charge in [0.15, 0.2) is 11.5 Å². The molecule has 2 rings (SSSR count). The van der Waals surface area contributed by atoms with E-state index in [0.717, 1.165) is 24.5 Å². The number of hydrogen-bond acceptors (Lipinski definition) is 8. The molecular weight excluding hydrogens is 360 g/mol. The summed E-state index contributed by atoms with van der Waals surface area (Å²) in [4.78, 5) is 45.9. The van der Waals surface area contributed by atoms with Gasteiger partial charge >= 0.3 is 11.9 Å². The maximum absolute atomic E-state index is 12.1. The molecule has 11 heteroatoms. The second-order valence-corrected chi connectivity index (χ2v) is 5.73. The molecule has 6 N–H and O–H groups in total. The molecule has 0 aliphatic rings. The van der Waals surface area contributed by atoms with Crippen LogP contribution < -0.4 is 27.1 Å². The van der Waals surface area contributed by atoms with Crippen molar-refractivity contribution in [3.63, 3.8) is 0 Å². The van der Waals surface area contributed by atoms with E-state index in [4.69, 9.17) is 21.3 Å². The molecule has 0 bridgehead atoms. The second-order valence-electron chi connectivity index (χ2n) is 5.73. The van der Waals surface area contributed by atoms with E-state index < -0.39 is 40.6 Å². The fraction of sp³-hybridized carbons (Fsp3) is 0.250. The third-order valence-corrected chi connectivity index (χ3v) is 3.55. The Morgan fingerprint density at radius 2 is 1.56 bits per heavy atom. The minimum absolute atomic E-state index is 0.114. The van der Waals surface area contributed by atoms with Gasteiger partial charge in [0.25, 0.3) is 0 Å². The van der Waals surface area contributed by atoms with Crippen LogP contribution >= 0.6 is 0 Å². The molecule has 0 aromatic carbocycles. The van der Waals surface area contributed by atoms with Crippen LogP contribution in [0.25, 0.3) is 0 Å². The van der Waals surface area contributed by atoms with Crippen LogP contribution in [0.2, 0.25) is 0 Å². The number of esters is 1. The fourth-order valence-electron chi connectivity index (χ4n) is 2.11. The maximum Gasteiger partial charge on any atom is 0.330 e. The SMILES string of the molecule is N[C@@H](Cn1ccc(=O)c(OC(=O)[C@@H](N)Cn2ccc(=O)c(O)c2)c1)C(=O)O. The molecule has 11 nitrogen and oxygen atoms in total. The Morgan fingerprint density at radius 1 is 1.00 bits per heavy atom. The average Bonchev–Trinajstić information content (AvgIpc) is 2.60. The third kappa shape index (κ3) is 5.26. The highest BCUT2D eigenvalue weighted by atomic mass is 16.5. The van der Waals surface area contributed by atoms with Gasteiger partial charge in [-0.2, -0.15) is 0 Å². The summed E-state index contributed by atoms with van der Waals surface area (Å²) in [5.74, 6) is -2.98. The maximum atomic E-state index is 12.1. The first kappa shape index (κ1) is 19.9. The number of aromatic hydroxyl groups is 1. The van der Waals surface area contributed by atoms with Crippen molar-refractivity contribution < 1.29 is 24.5 Å². The summed E-state index contributed by atoms with van der Waals surface area (Å²) in [6.07, 6.45) is 4.91. The average molecular weight is 378 g/mol. The van der Waals surface area contributed by atoms with Crippen LogP contribution in [0.3, 0.4) is 0 Å². The van der Waals surface area contributed by atoms with Crippen LogP contribution in [-0.4, -0.2) is 43.4 Å². The Balaban J connectivity index is 2.09. The van der Waals surface area contributed by atoms with Crippen molar-refractivity contribution in [3.05, 3.63) is 57.4 Å². The van der Waals surface area contributed by atoms with Crippen LogP contribution in [0.5, 0.6) is 11.5 Å². The standard InChI is InChI=1S/C16H18N4O7/c17-9(15(24)25)5-20-4-2-12(22)14(8-20)27-16(26)10(18)6-19-3-1-11(21)13(23)7-19/h1-4,7-10,23H,5-6,17-18H2,(H,24,25)/t9-,10-/m0/s1. The summed E-state index contributed by atoms with van der Waals surface area (Å²) in [6, 6.07) is -0.190. The summed E-state index contributed by atoms with van der Waals surface area (Å²) in [7, 11) is 0. The lowest BCUT2D eigenvalue weighted by Gasteiger charge is -2.15. The van der Waals surface area contributed by atoms with Gasteiger partial charge in [0, 0.05) is 43.8 Å². The Kier molecular flexibility index (Phi) is 6.11. The van der Waals surface area contributed by atoms with Gasteiger partial charge in [0.05, 0.1) is 6.20 Å². The predicted molar refractivity (Wildman–Crippen MR) is 92.3 cm³/mol. The molecule has 0 unspecified atom stereocenters. The molecule has 2 aromatic heterocycles. The van der Waals surface area contributed by atoms with Gasteiger partial charge in [-0.15, -0.1) is 0 Å². The van der Waals surface area contributed by atoms with Crippen LogP contribution in [0.4, 0.5) is 0 Å². The molecule has 0 saturated heterocycles. The molecule has 0 aliphatic heterocycles. The number of nitrogens with two attached hydrogens (primary N) is 2. The summed E-state index contributed by atoms with van der Waals surface area (Å²) >= 11 is 0. The van der Waals surface area contributed by atoms with Crippen LogP contribution in [0.1, 0.15) is 0 Å². The van der Waals surface area contributed by atoms with E-state index in [1.54, 1.807) is 0 Å². The Hall–Kier alpha value is -3.44. The minimum Gasteiger partial charge on any atom is -0.503 e. The Labute approximate surface area is 152 Å². The van der Waals surface area contributed by atoms with Gasteiger partial charge in [-0.25, -0.2) is 4.79 Å². The fourth-order valence-corrected chi connectivity index (χ4v) is 2.11. The lowest BCUT2D eigenvalue weighted by Crippen LogP contribution is -2.39. The van der Waals surface area contributed by atoms with Gasteiger partial charge < -0.3 is 35.6 Å². The summed E-state index contributed by atoms with van der Waals surface area (Å²) < 4.78 is 7.61. The number of nitrogens with zero attached hydrogens (tertiary/aromatic N) is 2. The summed E-state index contributed by atoms with van der Waals surface area (Å²) in [5, 5.41) is 18.2. The predicted octanol–water partition coefficient (Wildman–Crippen LogP) is -1.94. The summed E-state index contributed by atoms with van der Waals surface area (Å²) in [5.41, 5.74) is 9.98. The van der Waals surface area contributed by atoms with Crippen molar-refractivity contribution in [2.75, 3.05) is 0 Å². The second kappa shape index (κ2) is 8.29. The molecule has 0 aliphatic carbocycles. The van der Waals surface area contributed by atoms with Gasteiger partial charge in [-0.3, -0.25) is 14.4 Å². The third-order valence-electron chi connectivity index (χ3n) is 3.55.